The van der Waals surface area contributed by atoms with Crippen molar-refractivity contribution >= 4 is 11.9 Å². The molecule has 0 aromatic heterocycles. The number of carboxylic acid groups (broad SMARTS) is 1. The van der Waals surface area contributed by atoms with Crippen molar-refractivity contribution in [2.45, 2.75) is 46.5 Å². The lowest BCUT2D eigenvalue weighted by atomic mass is 9.93. The maximum absolute atomic E-state index is 12.4. The minimum atomic E-state index is -0.771. The van der Waals surface area contributed by atoms with Gasteiger partial charge in [0, 0.05) is 19.5 Å². The molecule has 24 heavy (non-hydrogen) atoms. The fourth-order valence-electron chi connectivity index (χ4n) is 3.47. The number of hydrogen-bond acceptors (Lipinski definition) is 3. The number of aliphatic carboxylic acids is 1. The van der Waals surface area contributed by atoms with E-state index in [1.165, 1.54) is 5.56 Å². The van der Waals surface area contributed by atoms with Crippen LogP contribution in [-0.4, -0.2) is 41.6 Å². The van der Waals surface area contributed by atoms with Gasteiger partial charge in [-0.05, 0) is 57.1 Å². The molecule has 5 nitrogen and oxygen atoms in total. The van der Waals surface area contributed by atoms with Crippen LogP contribution in [0, 0.1) is 26.7 Å². The Morgan fingerprint density at radius 1 is 1.25 bits per heavy atom. The van der Waals surface area contributed by atoms with Crippen molar-refractivity contribution in [3.63, 3.8) is 0 Å². The minimum Gasteiger partial charge on any atom is -0.483 e. The van der Waals surface area contributed by atoms with Crippen molar-refractivity contribution in [1.29, 1.82) is 0 Å². The Morgan fingerprint density at radius 3 is 2.54 bits per heavy atom. The highest BCUT2D eigenvalue weighted by atomic mass is 16.5. The molecule has 0 saturated carbocycles. The largest absolute Gasteiger partial charge is 0.483 e. The van der Waals surface area contributed by atoms with Crippen molar-refractivity contribution in [2.75, 3.05) is 19.7 Å². The van der Waals surface area contributed by atoms with Gasteiger partial charge in [-0.1, -0.05) is 17.7 Å². The number of aryl methyl sites for hydroxylation is 3. The highest BCUT2D eigenvalue weighted by molar-refractivity contribution is 5.78. The lowest BCUT2D eigenvalue weighted by molar-refractivity contribution is -0.137. The third kappa shape index (κ3) is 4.98. The SMILES string of the molecule is Cc1cc(C)c(OCC(=O)N2CCCC(CCC(=O)O)C2)c(C)c1. The Hall–Kier alpha value is -2.04. The number of piperidine rings is 1. The first-order chi connectivity index (χ1) is 11.4. The van der Waals surface area contributed by atoms with E-state index in [1.807, 2.05) is 25.7 Å². The third-order valence-electron chi connectivity index (χ3n) is 4.58. The van der Waals surface area contributed by atoms with Gasteiger partial charge < -0.3 is 14.7 Å². The number of likely N-dealkylation sites (tertiary alicyclic amines) is 1. The molecule has 1 amide bonds. The van der Waals surface area contributed by atoms with Gasteiger partial charge in [0.2, 0.25) is 0 Å². The van der Waals surface area contributed by atoms with E-state index in [9.17, 15) is 9.59 Å². The lowest BCUT2D eigenvalue weighted by Gasteiger charge is -2.32. The van der Waals surface area contributed by atoms with Gasteiger partial charge in [-0.15, -0.1) is 0 Å². The summed E-state index contributed by atoms with van der Waals surface area (Å²) in [6.07, 6.45) is 2.73. The molecule has 1 aromatic carbocycles. The molecule has 1 aliphatic rings. The Labute approximate surface area is 143 Å². The summed E-state index contributed by atoms with van der Waals surface area (Å²) in [4.78, 5) is 24.9. The second-order valence-corrected chi connectivity index (χ2v) is 6.80. The summed E-state index contributed by atoms with van der Waals surface area (Å²) in [5.74, 6) is 0.275. The molecule has 0 spiro atoms. The number of rotatable bonds is 6. The van der Waals surface area contributed by atoms with Crippen LogP contribution in [0.3, 0.4) is 0 Å². The van der Waals surface area contributed by atoms with Crippen molar-refractivity contribution < 1.29 is 19.4 Å². The van der Waals surface area contributed by atoms with Crippen LogP contribution in [0.4, 0.5) is 0 Å². The number of carbonyl (C=O) groups excluding carboxylic acids is 1. The Bertz CT molecular complexity index is 588. The topological polar surface area (TPSA) is 66.8 Å². The molecular formula is C19H27NO4. The van der Waals surface area contributed by atoms with Gasteiger partial charge in [0.25, 0.3) is 5.91 Å². The number of hydrogen-bond donors (Lipinski definition) is 1. The van der Waals surface area contributed by atoms with E-state index in [0.717, 1.165) is 36.3 Å². The Morgan fingerprint density at radius 2 is 1.92 bits per heavy atom. The average molecular weight is 333 g/mol. The lowest BCUT2D eigenvalue weighted by Crippen LogP contribution is -2.42. The molecule has 0 radical (unpaired) electrons. The normalized spacial score (nSPS) is 17.6. The molecule has 1 aromatic rings. The number of carbonyl (C=O) groups is 2. The Kier molecular flexibility index (Phi) is 6.23. The number of benzene rings is 1. The van der Waals surface area contributed by atoms with Crippen molar-refractivity contribution in [3.05, 3.63) is 28.8 Å². The second-order valence-electron chi connectivity index (χ2n) is 6.80. The smallest absolute Gasteiger partial charge is 0.303 e. The van der Waals surface area contributed by atoms with Crippen LogP contribution in [-0.2, 0) is 9.59 Å². The van der Waals surface area contributed by atoms with E-state index in [-0.39, 0.29) is 24.9 Å². The predicted molar refractivity (Wildman–Crippen MR) is 92.3 cm³/mol. The zero-order chi connectivity index (χ0) is 17.7. The summed E-state index contributed by atoms with van der Waals surface area (Å²) in [6, 6.07) is 4.10. The van der Waals surface area contributed by atoms with Gasteiger partial charge in [0.15, 0.2) is 6.61 Å². The average Bonchev–Trinajstić information content (AvgIpc) is 2.52. The molecule has 1 unspecified atom stereocenters. The van der Waals surface area contributed by atoms with Gasteiger partial charge in [-0.3, -0.25) is 9.59 Å². The molecule has 1 heterocycles. The quantitative estimate of drug-likeness (QED) is 0.869. The Balaban J connectivity index is 1.89. The highest BCUT2D eigenvalue weighted by Gasteiger charge is 2.24. The van der Waals surface area contributed by atoms with E-state index < -0.39 is 5.97 Å². The van der Waals surface area contributed by atoms with E-state index in [2.05, 4.69) is 12.1 Å². The number of nitrogens with zero attached hydrogens (tertiary/aromatic N) is 1. The summed E-state index contributed by atoms with van der Waals surface area (Å²) >= 11 is 0. The standard InChI is InChI=1S/C19H27NO4/c1-13-9-14(2)19(15(3)10-13)24-12-17(21)20-8-4-5-16(11-20)6-7-18(22)23/h9-10,16H,4-8,11-12H2,1-3H3,(H,22,23). The molecule has 1 fully saturated rings. The van der Waals surface area contributed by atoms with Crippen LogP contribution in [0.5, 0.6) is 5.75 Å². The second kappa shape index (κ2) is 8.18. The molecule has 2 rings (SSSR count). The molecular weight excluding hydrogens is 306 g/mol. The fourth-order valence-corrected chi connectivity index (χ4v) is 3.47. The van der Waals surface area contributed by atoms with E-state index in [4.69, 9.17) is 9.84 Å². The van der Waals surface area contributed by atoms with Gasteiger partial charge in [-0.25, -0.2) is 0 Å². The molecule has 1 atom stereocenters. The van der Waals surface area contributed by atoms with Crippen LogP contribution in [0.1, 0.15) is 42.4 Å². The molecule has 0 bridgehead atoms. The van der Waals surface area contributed by atoms with E-state index in [1.54, 1.807) is 0 Å². The summed E-state index contributed by atoms with van der Waals surface area (Å²) in [7, 11) is 0. The van der Waals surface area contributed by atoms with Crippen molar-refractivity contribution in [2.24, 2.45) is 5.92 Å². The van der Waals surface area contributed by atoms with Crippen LogP contribution >= 0.6 is 0 Å². The molecule has 1 aliphatic heterocycles. The summed E-state index contributed by atoms with van der Waals surface area (Å²) < 4.78 is 5.79. The van der Waals surface area contributed by atoms with Gasteiger partial charge in [0.05, 0.1) is 0 Å². The number of ether oxygens (including phenoxy) is 1. The summed E-state index contributed by atoms with van der Waals surface area (Å²) in [5.41, 5.74) is 3.26. The fraction of sp³-hybridized carbons (Fsp3) is 0.579. The van der Waals surface area contributed by atoms with Crippen LogP contribution in [0.25, 0.3) is 0 Å². The predicted octanol–water partition coefficient (Wildman–Crippen LogP) is 3.09. The van der Waals surface area contributed by atoms with Crippen LogP contribution < -0.4 is 4.74 Å². The minimum absolute atomic E-state index is 0.0191. The van der Waals surface area contributed by atoms with Crippen LogP contribution in [0.15, 0.2) is 12.1 Å². The molecule has 132 valence electrons. The van der Waals surface area contributed by atoms with Gasteiger partial charge in [0.1, 0.15) is 5.75 Å². The first kappa shape index (κ1) is 18.3. The molecule has 1 N–H and O–H groups in total. The molecule has 1 saturated heterocycles. The number of amides is 1. The summed E-state index contributed by atoms with van der Waals surface area (Å²) in [5, 5.41) is 8.80. The molecule has 5 heteroatoms. The van der Waals surface area contributed by atoms with E-state index >= 15 is 0 Å². The summed E-state index contributed by atoms with van der Waals surface area (Å²) in [6.45, 7) is 7.43. The zero-order valence-electron chi connectivity index (χ0n) is 14.8. The first-order valence-corrected chi connectivity index (χ1v) is 8.57. The van der Waals surface area contributed by atoms with Gasteiger partial charge in [-0.2, -0.15) is 0 Å². The van der Waals surface area contributed by atoms with Crippen LogP contribution in [0.2, 0.25) is 0 Å². The molecule has 0 aliphatic carbocycles. The van der Waals surface area contributed by atoms with Gasteiger partial charge >= 0.3 is 5.97 Å². The van der Waals surface area contributed by atoms with Crippen molar-refractivity contribution in [3.8, 4) is 5.75 Å². The van der Waals surface area contributed by atoms with Crippen molar-refractivity contribution in [1.82, 2.24) is 4.90 Å². The maximum Gasteiger partial charge on any atom is 0.303 e. The highest BCUT2D eigenvalue weighted by Crippen LogP contribution is 2.25. The first-order valence-electron chi connectivity index (χ1n) is 8.57. The monoisotopic (exact) mass is 333 g/mol. The van der Waals surface area contributed by atoms with E-state index in [0.29, 0.717) is 13.0 Å². The maximum atomic E-state index is 12.4. The third-order valence-corrected chi connectivity index (χ3v) is 4.58. The zero-order valence-corrected chi connectivity index (χ0v) is 14.8. The number of carboxylic acids is 1.